The molecule has 180 valence electrons. The van der Waals surface area contributed by atoms with Crippen molar-refractivity contribution in [3.8, 4) is 0 Å². The van der Waals surface area contributed by atoms with Gasteiger partial charge in [0.2, 0.25) is 12.4 Å². The number of rotatable bonds is 11. The van der Waals surface area contributed by atoms with Gasteiger partial charge in [0.15, 0.2) is 0 Å². The molecule has 1 aliphatic carbocycles. The Morgan fingerprint density at radius 2 is 1.78 bits per heavy atom. The molecule has 8 heteroatoms. The summed E-state index contributed by atoms with van der Waals surface area (Å²) < 4.78 is 16.3. The van der Waals surface area contributed by atoms with Crippen LogP contribution in [0.3, 0.4) is 0 Å². The van der Waals surface area contributed by atoms with Crippen LogP contribution in [0.15, 0.2) is 30.3 Å². The fourth-order valence-electron chi connectivity index (χ4n) is 4.66. The quantitative estimate of drug-likeness (QED) is 0.236. The van der Waals surface area contributed by atoms with Crippen LogP contribution in [0.4, 0.5) is 0 Å². The summed E-state index contributed by atoms with van der Waals surface area (Å²) in [6.07, 6.45) is -1.29. The second-order valence-corrected chi connectivity index (χ2v) is 9.09. The Hall–Kier alpha value is -2.03. The molecular formula is C24H37NO7. The fraction of sp³-hybridized carbons (Fsp3) is 0.708. The third kappa shape index (κ3) is 6.27. The van der Waals surface area contributed by atoms with E-state index in [0.29, 0.717) is 12.3 Å². The average molecular weight is 452 g/mol. The van der Waals surface area contributed by atoms with E-state index >= 15 is 0 Å². The van der Waals surface area contributed by atoms with E-state index in [9.17, 15) is 20.0 Å². The van der Waals surface area contributed by atoms with Crippen LogP contribution >= 0.6 is 0 Å². The molecule has 0 bridgehead atoms. The molecule has 0 saturated heterocycles. The lowest BCUT2D eigenvalue weighted by atomic mass is 9.64. The number of nitrogens with zero attached hydrogens (tertiary/aromatic N) is 1. The molecule has 0 aromatic heterocycles. The summed E-state index contributed by atoms with van der Waals surface area (Å²) in [7, 11) is 0. The number of ether oxygens (including phenoxy) is 3. The molecule has 0 unspecified atom stereocenters. The van der Waals surface area contributed by atoms with Crippen molar-refractivity contribution in [1.82, 2.24) is 0 Å². The predicted octanol–water partition coefficient (Wildman–Crippen LogP) is 3.72. The van der Waals surface area contributed by atoms with Crippen LogP contribution in [-0.2, 0) is 24.4 Å². The maximum Gasteiger partial charge on any atom is 0.342 e. The normalized spacial score (nSPS) is 23.5. The minimum absolute atomic E-state index is 0.0147. The SMILES string of the molecule is CCOC(OCC)[C@H]([C@H](O)C(=O)O[C@@H]1C[C@H](C)CC[C@H]1C(C)(C)c1ccccc1)[N+](=O)[O-]. The van der Waals surface area contributed by atoms with Crippen molar-refractivity contribution >= 4 is 5.97 Å². The minimum atomic E-state index is -1.99. The first kappa shape index (κ1) is 26.2. The Morgan fingerprint density at radius 3 is 2.31 bits per heavy atom. The van der Waals surface area contributed by atoms with E-state index in [4.69, 9.17) is 14.2 Å². The van der Waals surface area contributed by atoms with E-state index in [1.807, 2.05) is 18.2 Å². The van der Waals surface area contributed by atoms with Crippen molar-refractivity contribution in [1.29, 1.82) is 0 Å². The van der Waals surface area contributed by atoms with Crippen LogP contribution in [0, 0.1) is 22.0 Å². The number of benzene rings is 1. The van der Waals surface area contributed by atoms with Gasteiger partial charge in [-0.05, 0) is 43.6 Å². The van der Waals surface area contributed by atoms with Gasteiger partial charge in [-0.15, -0.1) is 0 Å². The summed E-state index contributed by atoms with van der Waals surface area (Å²) in [5, 5.41) is 22.3. The summed E-state index contributed by atoms with van der Waals surface area (Å²) in [5.41, 5.74) is 0.857. The Balaban J connectivity index is 2.23. The minimum Gasteiger partial charge on any atom is -0.460 e. The maximum atomic E-state index is 12.9. The van der Waals surface area contributed by atoms with Crippen molar-refractivity contribution in [2.75, 3.05) is 13.2 Å². The molecule has 1 aromatic rings. The topological polar surface area (TPSA) is 108 Å². The number of carbonyl (C=O) groups excluding carboxylic acids is 1. The van der Waals surface area contributed by atoms with Crippen molar-refractivity contribution in [3.63, 3.8) is 0 Å². The third-order valence-corrected chi connectivity index (χ3v) is 6.52. The highest BCUT2D eigenvalue weighted by Gasteiger charge is 2.48. The highest BCUT2D eigenvalue weighted by molar-refractivity contribution is 5.75. The van der Waals surface area contributed by atoms with Gasteiger partial charge in [0.05, 0.1) is 0 Å². The summed E-state index contributed by atoms with van der Waals surface area (Å²) in [6, 6.07) is 8.27. The lowest BCUT2D eigenvalue weighted by molar-refractivity contribution is -0.558. The Kier molecular flexibility index (Phi) is 9.61. The standard InChI is InChI=1S/C24H37NO7/c1-6-30-23(31-7-2)20(25(28)29)21(26)22(27)32-19-15-16(3)13-14-18(19)24(4,5)17-11-9-8-10-12-17/h8-12,16,18-21,23,26H,6-7,13-15H2,1-5H3/t16-,18-,19-,20+,21+/m1/s1. The van der Waals surface area contributed by atoms with Gasteiger partial charge in [-0.3, -0.25) is 10.1 Å². The van der Waals surface area contributed by atoms with Crippen LogP contribution in [0.25, 0.3) is 0 Å². The van der Waals surface area contributed by atoms with E-state index < -0.39 is 35.4 Å². The summed E-state index contributed by atoms with van der Waals surface area (Å²) in [6.45, 7) is 9.96. The van der Waals surface area contributed by atoms with E-state index in [2.05, 4.69) is 32.9 Å². The smallest absolute Gasteiger partial charge is 0.342 e. The van der Waals surface area contributed by atoms with E-state index in [1.54, 1.807) is 13.8 Å². The van der Waals surface area contributed by atoms with Crippen molar-refractivity contribution in [2.24, 2.45) is 11.8 Å². The molecule has 1 aromatic carbocycles. The molecule has 32 heavy (non-hydrogen) atoms. The van der Waals surface area contributed by atoms with Gasteiger partial charge < -0.3 is 19.3 Å². The maximum absolute atomic E-state index is 12.9. The van der Waals surface area contributed by atoms with E-state index in [0.717, 1.165) is 18.4 Å². The lowest BCUT2D eigenvalue weighted by Crippen LogP contribution is -2.52. The van der Waals surface area contributed by atoms with Crippen LogP contribution in [0.5, 0.6) is 0 Å². The molecule has 1 aliphatic rings. The number of aliphatic hydroxyl groups excluding tert-OH is 1. The van der Waals surface area contributed by atoms with Crippen molar-refractivity contribution in [3.05, 3.63) is 46.0 Å². The first-order valence-corrected chi connectivity index (χ1v) is 11.4. The molecule has 1 saturated carbocycles. The zero-order valence-corrected chi connectivity index (χ0v) is 19.7. The van der Waals surface area contributed by atoms with Gasteiger partial charge in [-0.1, -0.05) is 57.5 Å². The average Bonchev–Trinajstić information content (AvgIpc) is 2.74. The van der Waals surface area contributed by atoms with Gasteiger partial charge in [0, 0.05) is 24.1 Å². The molecule has 5 atom stereocenters. The Morgan fingerprint density at radius 1 is 1.19 bits per heavy atom. The van der Waals surface area contributed by atoms with Crippen LogP contribution < -0.4 is 0 Å². The molecular weight excluding hydrogens is 414 g/mol. The zero-order chi connectivity index (χ0) is 23.9. The van der Waals surface area contributed by atoms with Crippen LogP contribution in [0.2, 0.25) is 0 Å². The number of aliphatic hydroxyl groups is 1. The zero-order valence-electron chi connectivity index (χ0n) is 19.7. The largest absolute Gasteiger partial charge is 0.460 e. The molecule has 1 fully saturated rings. The number of hydrogen-bond donors (Lipinski definition) is 1. The second kappa shape index (κ2) is 11.7. The summed E-state index contributed by atoms with van der Waals surface area (Å²) in [5.74, 6) is -0.649. The van der Waals surface area contributed by atoms with Gasteiger partial charge in [-0.25, -0.2) is 4.79 Å². The van der Waals surface area contributed by atoms with Crippen LogP contribution in [0.1, 0.15) is 59.4 Å². The monoisotopic (exact) mass is 451 g/mol. The first-order chi connectivity index (χ1) is 15.1. The number of carbonyl (C=O) groups is 1. The van der Waals surface area contributed by atoms with E-state index in [1.165, 1.54) is 0 Å². The molecule has 8 nitrogen and oxygen atoms in total. The van der Waals surface area contributed by atoms with Crippen molar-refractivity contribution in [2.45, 2.75) is 83.8 Å². The Bertz CT molecular complexity index is 733. The molecule has 1 N–H and O–H groups in total. The van der Waals surface area contributed by atoms with Gasteiger partial charge >= 0.3 is 5.97 Å². The Labute approximate surface area is 190 Å². The van der Waals surface area contributed by atoms with Crippen LogP contribution in [-0.4, -0.2) is 53.8 Å². The molecule has 2 rings (SSSR count). The highest BCUT2D eigenvalue weighted by atomic mass is 16.7. The fourth-order valence-corrected chi connectivity index (χ4v) is 4.66. The molecule has 0 aliphatic heterocycles. The summed E-state index contributed by atoms with van der Waals surface area (Å²) in [4.78, 5) is 23.8. The summed E-state index contributed by atoms with van der Waals surface area (Å²) >= 11 is 0. The second-order valence-electron chi connectivity index (χ2n) is 9.09. The number of nitro groups is 1. The highest BCUT2D eigenvalue weighted by Crippen LogP contribution is 2.43. The number of esters is 1. The molecule has 0 radical (unpaired) electrons. The van der Waals surface area contributed by atoms with Crippen molar-refractivity contribution < 1.29 is 29.0 Å². The third-order valence-electron chi connectivity index (χ3n) is 6.52. The van der Waals surface area contributed by atoms with Gasteiger partial charge in [0.1, 0.15) is 6.10 Å². The van der Waals surface area contributed by atoms with Gasteiger partial charge in [-0.2, -0.15) is 0 Å². The molecule has 0 spiro atoms. The predicted molar refractivity (Wildman–Crippen MR) is 120 cm³/mol. The molecule has 0 heterocycles. The van der Waals surface area contributed by atoms with E-state index in [-0.39, 0.29) is 24.5 Å². The first-order valence-electron chi connectivity index (χ1n) is 11.4. The lowest BCUT2D eigenvalue weighted by Gasteiger charge is -2.44. The number of hydrogen-bond acceptors (Lipinski definition) is 7. The van der Waals surface area contributed by atoms with Gasteiger partial charge in [0.25, 0.3) is 6.04 Å². The molecule has 0 amide bonds.